The summed E-state index contributed by atoms with van der Waals surface area (Å²) in [6.45, 7) is 1.38. The van der Waals surface area contributed by atoms with Crippen molar-refractivity contribution in [1.29, 1.82) is 0 Å². The lowest BCUT2D eigenvalue weighted by Crippen LogP contribution is -2.50. The second-order valence-corrected chi connectivity index (χ2v) is 4.99. The van der Waals surface area contributed by atoms with E-state index in [2.05, 4.69) is 10.4 Å². The first-order chi connectivity index (χ1) is 9.83. The molecule has 2 rings (SSSR count). The Bertz CT molecular complexity index is 585. The number of ether oxygens (including phenoxy) is 1. The van der Waals surface area contributed by atoms with E-state index in [4.69, 9.17) is 4.74 Å². The minimum absolute atomic E-state index is 0.0144. The number of aliphatic carboxylic acids is 1. The number of carbonyl (C=O) groups is 2. The highest BCUT2D eigenvalue weighted by atomic mass is 16.6. The fourth-order valence-electron chi connectivity index (χ4n) is 2.01. The molecular formula is C11H14N4O6. The molecule has 1 fully saturated rings. The average molecular weight is 298 g/mol. The minimum Gasteiger partial charge on any atom is -0.481 e. The lowest BCUT2D eigenvalue weighted by atomic mass is 9.85. The van der Waals surface area contributed by atoms with Crippen LogP contribution in [0.3, 0.4) is 0 Å². The van der Waals surface area contributed by atoms with Crippen molar-refractivity contribution in [3.8, 4) is 0 Å². The molecule has 2 atom stereocenters. The number of carboxylic acid groups (broad SMARTS) is 1. The quantitative estimate of drug-likeness (QED) is 0.546. The smallest absolute Gasteiger partial charge is 0.389 e. The summed E-state index contributed by atoms with van der Waals surface area (Å²) >= 11 is 0. The molecule has 1 aliphatic rings. The number of aromatic nitrogens is 2. The third kappa shape index (κ3) is 2.99. The fraction of sp³-hybridized carbons (Fsp3) is 0.545. The van der Waals surface area contributed by atoms with E-state index < -0.39 is 28.3 Å². The summed E-state index contributed by atoms with van der Waals surface area (Å²) < 4.78 is 6.23. The van der Waals surface area contributed by atoms with Gasteiger partial charge in [0.15, 0.2) is 0 Å². The third-order valence-electron chi connectivity index (χ3n) is 3.40. The van der Waals surface area contributed by atoms with Crippen molar-refractivity contribution in [2.75, 3.05) is 13.2 Å². The van der Waals surface area contributed by atoms with Crippen LogP contribution in [-0.2, 0) is 20.9 Å². The van der Waals surface area contributed by atoms with E-state index in [-0.39, 0.29) is 25.6 Å². The molecule has 0 aromatic carbocycles. The van der Waals surface area contributed by atoms with Crippen LogP contribution in [0.1, 0.15) is 6.92 Å². The van der Waals surface area contributed by atoms with Gasteiger partial charge in [0.1, 0.15) is 12.0 Å². The molecule has 10 nitrogen and oxygen atoms in total. The molecule has 1 amide bonds. The summed E-state index contributed by atoms with van der Waals surface area (Å²) in [6, 6.07) is 0.515. The van der Waals surface area contributed by atoms with Gasteiger partial charge in [-0.05, 0) is 11.8 Å². The van der Waals surface area contributed by atoms with Gasteiger partial charge in [-0.25, -0.2) is 0 Å². The third-order valence-corrected chi connectivity index (χ3v) is 3.40. The first-order valence-corrected chi connectivity index (χ1v) is 6.11. The molecule has 2 N–H and O–H groups in total. The molecule has 2 unspecified atom stereocenters. The number of nitrogens with zero attached hydrogens (tertiary/aromatic N) is 3. The fourth-order valence-corrected chi connectivity index (χ4v) is 2.01. The number of carbonyl (C=O) groups excluding carboxylic acids is 1. The summed E-state index contributed by atoms with van der Waals surface area (Å²) in [6.07, 6.45) is 1.30. The van der Waals surface area contributed by atoms with Crippen molar-refractivity contribution in [2.24, 2.45) is 5.41 Å². The van der Waals surface area contributed by atoms with Gasteiger partial charge in [-0.2, -0.15) is 4.68 Å². The molecule has 1 saturated heterocycles. The molecule has 21 heavy (non-hydrogen) atoms. The van der Waals surface area contributed by atoms with Crippen LogP contribution in [-0.4, -0.2) is 50.9 Å². The van der Waals surface area contributed by atoms with Crippen LogP contribution in [0.2, 0.25) is 0 Å². The van der Waals surface area contributed by atoms with Crippen molar-refractivity contribution in [2.45, 2.75) is 19.5 Å². The van der Waals surface area contributed by atoms with Crippen LogP contribution < -0.4 is 5.32 Å². The van der Waals surface area contributed by atoms with Crippen LogP contribution in [0.15, 0.2) is 12.3 Å². The molecule has 0 radical (unpaired) electrons. The maximum Gasteiger partial charge on any atom is 0.389 e. The zero-order valence-electron chi connectivity index (χ0n) is 11.2. The summed E-state index contributed by atoms with van der Waals surface area (Å²) in [5.41, 5.74) is -1.19. The topological polar surface area (TPSA) is 137 Å². The van der Waals surface area contributed by atoms with Crippen molar-refractivity contribution >= 4 is 17.7 Å². The Balaban J connectivity index is 1.98. The average Bonchev–Trinajstić information content (AvgIpc) is 2.98. The normalized spacial score (nSPS) is 24.7. The van der Waals surface area contributed by atoms with E-state index in [0.29, 0.717) is 0 Å². The predicted molar refractivity (Wildman–Crippen MR) is 67.4 cm³/mol. The standard InChI is InChI=1S/C11H14N4O6/c1-11(10(17)18)6-21-5-7(11)12-9(16)4-14-3-2-8(13-14)15(19)20/h2-3,7H,4-6H2,1H3,(H,12,16)(H,17,18). The first kappa shape index (κ1) is 14.9. The van der Waals surface area contributed by atoms with Gasteiger partial charge in [-0.15, -0.1) is 0 Å². The maximum absolute atomic E-state index is 11.9. The van der Waals surface area contributed by atoms with Gasteiger partial charge in [0.2, 0.25) is 5.91 Å². The van der Waals surface area contributed by atoms with Gasteiger partial charge in [0, 0.05) is 0 Å². The van der Waals surface area contributed by atoms with Gasteiger partial charge >= 0.3 is 11.8 Å². The zero-order chi connectivity index (χ0) is 15.6. The van der Waals surface area contributed by atoms with E-state index in [1.54, 1.807) is 0 Å². The van der Waals surface area contributed by atoms with Gasteiger partial charge in [-0.3, -0.25) is 9.59 Å². The lowest BCUT2D eigenvalue weighted by Gasteiger charge is -2.25. The summed E-state index contributed by atoms with van der Waals surface area (Å²) in [5, 5.41) is 25.8. The van der Waals surface area contributed by atoms with E-state index in [0.717, 1.165) is 4.68 Å². The van der Waals surface area contributed by atoms with Crippen LogP contribution >= 0.6 is 0 Å². The van der Waals surface area contributed by atoms with E-state index >= 15 is 0 Å². The Kier molecular flexibility index (Phi) is 3.89. The van der Waals surface area contributed by atoms with Crippen LogP contribution in [0.4, 0.5) is 5.82 Å². The Morgan fingerprint density at radius 1 is 1.71 bits per heavy atom. The number of amides is 1. The highest BCUT2D eigenvalue weighted by Crippen LogP contribution is 2.28. The Morgan fingerprint density at radius 3 is 3.00 bits per heavy atom. The molecule has 0 saturated carbocycles. The van der Waals surface area contributed by atoms with Gasteiger partial charge in [0.25, 0.3) is 0 Å². The SMILES string of the molecule is CC1(C(=O)O)COCC1NC(=O)Cn1ccc([N+](=O)[O-])n1. The second-order valence-electron chi connectivity index (χ2n) is 4.99. The zero-order valence-corrected chi connectivity index (χ0v) is 11.2. The van der Waals surface area contributed by atoms with Crippen molar-refractivity contribution in [1.82, 2.24) is 15.1 Å². The first-order valence-electron chi connectivity index (χ1n) is 6.11. The Morgan fingerprint density at radius 2 is 2.43 bits per heavy atom. The number of hydrogen-bond acceptors (Lipinski definition) is 6. The lowest BCUT2D eigenvalue weighted by molar-refractivity contribution is -0.389. The molecule has 1 aromatic heterocycles. The Labute approximate surface area is 118 Å². The highest BCUT2D eigenvalue weighted by molar-refractivity contribution is 5.80. The summed E-state index contributed by atoms with van der Waals surface area (Å²) in [7, 11) is 0. The van der Waals surface area contributed by atoms with Crippen LogP contribution in [0, 0.1) is 15.5 Å². The van der Waals surface area contributed by atoms with E-state index in [9.17, 15) is 24.8 Å². The van der Waals surface area contributed by atoms with Crippen molar-refractivity contribution in [3.63, 3.8) is 0 Å². The van der Waals surface area contributed by atoms with Crippen molar-refractivity contribution < 1.29 is 24.4 Å². The molecular weight excluding hydrogens is 284 g/mol. The van der Waals surface area contributed by atoms with Crippen molar-refractivity contribution in [3.05, 3.63) is 22.4 Å². The van der Waals surface area contributed by atoms with Gasteiger partial charge < -0.3 is 25.3 Å². The molecule has 0 aliphatic carbocycles. The molecule has 2 heterocycles. The molecule has 1 aromatic rings. The summed E-state index contributed by atoms with van der Waals surface area (Å²) in [5.74, 6) is -1.90. The highest BCUT2D eigenvalue weighted by Gasteiger charge is 2.47. The minimum atomic E-state index is -1.19. The molecule has 0 spiro atoms. The largest absolute Gasteiger partial charge is 0.481 e. The Hall–Kier alpha value is -2.49. The predicted octanol–water partition coefficient (Wildman–Crippen LogP) is -0.603. The van der Waals surface area contributed by atoms with Gasteiger partial charge in [0.05, 0.1) is 36.6 Å². The molecule has 1 aliphatic heterocycles. The molecule has 10 heteroatoms. The number of nitrogens with one attached hydrogen (secondary N) is 1. The van der Waals surface area contributed by atoms with Gasteiger partial charge in [-0.1, -0.05) is 0 Å². The number of rotatable bonds is 5. The molecule has 114 valence electrons. The van der Waals surface area contributed by atoms with Crippen LogP contribution in [0.25, 0.3) is 0 Å². The summed E-state index contributed by atoms with van der Waals surface area (Å²) in [4.78, 5) is 32.9. The monoisotopic (exact) mass is 298 g/mol. The maximum atomic E-state index is 11.9. The molecule has 0 bridgehead atoms. The number of carboxylic acids is 1. The number of hydrogen-bond donors (Lipinski definition) is 2. The van der Waals surface area contributed by atoms with Crippen LogP contribution in [0.5, 0.6) is 0 Å². The number of nitro groups is 1. The van der Waals surface area contributed by atoms with E-state index in [1.165, 1.54) is 19.2 Å². The van der Waals surface area contributed by atoms with E-state index in [1.807, 2.05) is 0 Å². The second kappa shape index (κ2) is 5.48.